The van der Waals surface area contributed by atoms with Crippen LogP contribution in [-0.4, -0.2) is 34.7 Å². The number of halogens is 1. The van der Waals surface area contributed by atoms with Crippen LogP contribution in [-0.2, 0) is 0 Å². The molecule has 0 aromatic heterocycles. The summed E-state index contributed by atoms with van der Waals surface area (Å²) < 4.78 is 0.485. The fourth-order valence-electron chi connectivity index (χ4n) is 1.95. The fourth-order valence-corrected chi connectivity index (χ4v) is 3.57. The molecule has 0 spiro atoms. The average molecular weight is 359 g/mol. The molecule has 5 nitrogen and oxygen atoms in total. The van der Waals surface area contributed by atoms with E-state index in [1.54, 1.807) is 12.1 Å². The Morgan fingerprint density at radius 2 is 2.25 bits per heavy atom. The van der Waals surface area contributed by atoms with Gasteiger partial charge in [0.25, 0.3) is 0 Å². The summed E-state index contributed by atoms with van der Waals surface area (Å²) in [6.45, 7) is 0.638. The van der Waals surface area contributed by atoms with Crippen LogP contribution in [0.4, 0.5) is 10.5 Å². The van der Waals surface area contributed by atoms with Gasteiger partial charge in [0.1, 0.15) is 0 Å². The van der Waals surface area contributed by atoms with E-state index in [4.69, 9.17) is 5.11 Å². The van der Waals surface area contributed by atoms with E-state index in [2.05, 4.69) is 26.6 Å². The molecule has 1 aromatic carbocycles. The van der Waals surface area contributed by atoms with Gasteiger partial charge in [-0.1, -0.05) is 0 Å². The molecule has 1 unspecified atom stereocenters. The van der Waals surface area contributed by atoms with Crippen molar-refractivity contribution in [1.29, 1.82) is 0 Å². The molecule has 1 aromatic rings. The van der Waals surface area contributed by atoms with Gasteiger partial charge in [-0.05, 0) is 52.7 Å². The van der Waals surface area contributed by atoms with Gasteiger partial charge in [0.05, 0.1) is 5.56 Å². The number of aromatic carboxylic acids is 1. The Balaban J connectivity index is 1.90. The van der Waals surface area contributed by atoms with Crippen molar-refractivity contribution in [3.63, 3.8) is 0 Å². The lowest BCUT2D eigenvalue weighted by Gasteiger charge is -2.12. The minimum absolute atomic E-state index is 0.120. The maximum absolute atomic E-state index is 11.7. The third-order valence-corrected chi connectivity index (χ3v) is 5.06. The highest BCUT2D eigenvalue weighted by Crippen LogP contribution is 2.25. The van der Waals surface area contributed by atoms with E-state index in [9.17, 15) is 9.59 Å². The number of carboxylic acids is 1. The van der Waals surface area contributed by atoms with E-state index < -0.39 is 5.97 Å². The zero-order valence-corrected chi connectivity index (χ0v) is 13.1. The van der Waals surface area contributed by atoms with Gasteiger partial charge in [0.15, 0.2) is 0 Å². The van der Waals surface area contributed by atoms with Crippen molar-refractivity contribution in [3.05, 3.63) is 28.2 Å². The number of urea groups is 1. The quantitative estimate of drug-likeness (QED) is 0.772. The van der Waals surface area contributed by atoms with Crippen LogP contribution in [0, 0.1) is 0 Å². The third-order valence-electron chi connectivity index (χ3n) is 2.97. The molecular weight excluding hydrogens is 344 g/mol. The van der Waals surface area contributed by atoms with Crippen LogP contribution in [0.15, 0.2) is 22.7 Å². The van der Waals surface area contributed by atoms with Gasteiger partial charge in [-0.3, -0.25) is 0 Å². The van der Waals surface area contributed by atoms with Crippen molar-refractivity contribution in [2.75, 3.05) is 17.6 Å². The number of hydrogen-bond donors (Lipinski definition) is 3. The second-order valence-electron chi connectivity index (χ2n) is 4.47. The van der Waals surface area contributed by atoms with Crippen LogP contribution < -0.4 is 10.6 Å². The molecule has 7 heteroatoms. The summed E-state index contributed by atoms with van der Waals surface area (Å²) in [5, 5.41) is 14.9. The summed E-state index contributed by atoms with van der Waals surface area (Å²) in [6.07, 6.45) is 2.33. The van der Waals surface area contributed by atoms with Crippen molar-refractivity contribution in [1.82, 2.24) is 5.32 Å². The van der Waals surface area contributed by atoms with Crippen molar-refractivity contribution >= 4 is 45.4 Å². The number of thioether (sulfide) groups is 1. The summed E-state index contributed by atoms with van der Waals surface area (Å²) in [4.78, 5) is 22.7. The molecular formula is C13H15BrN2O3S. The van der Waals surface area contributed by atoms with Crippen molar-refractivity contribution < 1.29 is 14.7 Å². The zero-order chi connectivity index (χ0) is 14.5. The van der Waals surface area contributed by atoms with E-state index in [1.165, 1.54) is 12.5 Å². The summed E-state index contributed by atoms with van der Waals surface area (Å²) >= 11 is 5.03. The number of carbonyl (C=O) groups is 2. The molecule has 0 aliphatic carbocycles. The molecule has 1 saturated heterocycles. The summed E-state index contributed by atoms with van der Waals surface area (Å²) in [5.41, 5.74) is 0.580. The van der Waals surface area contributed by atoms with Gasteiger partial charge in [-0.2, -0.15) is 11.8 Å². The molecule has 0 bridgehead atoms. The molecule has 20 heavy (non-hydrogen) atoms. The van der Waals surface area contributed by atoms with Gasteiger partial charge < -0.3 is 15.7 Å². The van der Waals surface area contributed by atoms with Crippen LogP contribution in [0.25, 0.3) is 0 Å². The molecule has 108 valence electrons. The van der Waals surface area contributed by atoms with E-state index in [0.29, 0.717) is 22.0 Å². The predicted octanol–water partition coefficient (Wildman–Crippen LogP) is 3.16. The first-order chi connectivity index (χ1) is 9.56. The first-order valence-corrected chi connectivity index (χ1v) is 8.10. The lowest BCUT2D eigenvalue weighted by Crippen LogP contribution is -2.33. The Kier molecular flexibility index (Phi) is 5.31. The number of carboxylic acid groups (broad SMARTS) is 1. The first-order valence-electron chi connectivity index (χ1n) is 6.25. The van der Waals surface area contributed by atoms with Gasteiger partial charge in [0.2, 0.25) is 0 Å². The molecule has 1 heterocycles. The number of rotatable bonds is 4. The Bertz CT molecular complexity index is 518. The number of benzene rings is 1. The number of anilines is 1. The molecule has 0 radical (unpaired) electrons. The normalized spacial score (nSPS) is 17.8. The Morgan fingerprint density at radius 1 is 1.45 bits per heavy atom. The molecule has 1 fully saturated rings. The summed E-state index contributed by atoms with van der Waals surface area (Å²) in [7, 11) is 0. The molecule has 0 saturated carbocycles. The minimum atomic E-state index is -1.04. The molecule has 2 rings (SSSR count). The summed E-state index contributed by atoms with van der Waals surface area (Å²) in [6, 6.07) is 4.37. The Morgan fingerprint density at radius 3 is 2.90 bits per heavy atom. The average Bonchev–Trinajstić information content (AvgIpc) is 2.91. The standard InChI is InChI=1S/C13H15BrN2O3S/c14-11-4-3-8(6-10(11)12(17)18)16-13(19)15-7-9-2-1-5-20-9/h3-4,6,9H,1-2,5,7H2,(H,17,18)(H2,15,16,19). The zero-order valence-electron chi connectivity index (χ0n) is 10.7. The van der Waals surface area contributed by atoms with E-state index in [-0.39, 0.29) is 11.6 Å². The monoisotopic (exact) mass is 358 g/mol. The predicted molar refractivity (Wildman–Crippen MR) is 83.6 cm³/mol. The number of nitrogens with one attached hydrogen (secondary N) is 2. The van der Waals surface area contributed by atoms with Crippen LogP contribution >= 0.6 is 27.7 Å². The fraction of sp³-hybridized carbons (Fsp3) is 0.385. The lowest BCUT2D eigenvalue weighted by atomic mass is 10.2. The minimum Gasteiger partial charge on any atom is -0.478 e. The molecule has 3 N–H and O–H groups in total. The second kappa shape index (κ2) is 6.99. The maximum Gasteiger partial charge on any atom is 0.336 e. The third kappa shape index (κ3) is 4.14. The topological polar surface area (TPSA) is 78.4 Å². The van der Waals surface area contributed by atoms with Crippen LogP contribution in [0.3, 0.4) is 0 Å². The summed E-state index contributed by atoms with van der Waals surface area (Å²) in [5.74, 6) is 0.117. The lowest BCUT2D eigenvalue weighted by molar-refractivity contribution is 0.0696. The second-order valence-corrected chi connectivity index (χ2v) is 6.73. The van der Waals surface area contributed by atoms with E-state index >= 15 is 0 Å². The van der Waals surface area contributed by atoms with E-state index in [1.807, 2.05) is 11.8 Å². The highest BCUT2D eigenvalue weighted by Gasteiger charge is 2.16. The largest absolute Gasteiger partial charge is 0.478 e. The molecule has 1 aliphatic rings. The number of hydrogen-bond acceptors (Lipinski definition) is 3. The number of amides is 2. The van der Waals surface area contributed by atoms with Gasteiger partial charge in [-0.25, -0.2) is 9.59 Å². The van der Waals surface area contributed by atoms with Crippen LogP contribution in [0.2, 0.25) is 0 Å². The number of carbonyl (C=O) groups excluding carboxylic acids is 1. The van der Waals surface area contributed by atoms with E-state index in [0.717, 1.165) is 12.2 Å². The smallest absolute Gasteiger partial charge is 0.336 e. The van der Waals surface area contributed by atoms with Crippen LogP contribution in [0.5, 0.6) is 0 Å². The Labute approximate surface area is 129 Å². The SMILES string of the molecule is O=C(NCC1CCCS1)Nc1ccc(Br)c(C(=O)O)c1. The maximum atomic E-state index is 11.7. The van der Waals surface area contributed by atoms with Crippen molar-refractivity contribution in [3.8, 4) is 0 Å². The highest BCUT2D eigenvalue weighted by atomic mass is 79.9. The molecule has 1 aliphatic heterocycles. The highest BCUT2D eigenvalue weighted by molar-refractivity contribution is 9.10. The Hall–Kier alpha value is -1.21. The van der Waals surface area contributed by atoms with Gasteiger partial charge in [-0.15, -0.1) is 0 Å². The van der Waals surface area contributed by atoms with Gasteiger partial charge in [0, 0.05) is 22.0 Å². The van der Waals surface area contributed by atoms with Gasteiger partial charge >= 0.3 is 12.0 Å². The van der Waals surface area contributed by atoms with Crippen molar-refractivity contribution in [2.24, 2.45) is 0 Å². The van der Waals surface area contributed by atoms with Crippen molar-refractivity contribution in [2.45, 2.75) is 18.1 Å². The molecule has 2 amide bonds. The molecule has 1 atom stereocenters. The first kappa shape index (κ1) is 15.2. The van der Waals surface area contributed by atoms with Crippen LogP contribution in [0.1, 0.15) is 23.2 Å².